The molecule has 1 atom stereocenters. The number of hydrogen-bond acceptors (Lipinski definition) is 5. The van der Waals surface area contributed by atoms with Crippen LogP contribution in [-0.2, 0) is 0 Å². The summed E-state index contributed by atoms with van der Waals surface area (Å²) in [4.78, 5) is 14.0. The highest BCUT2D eigenvalue weighted by atomic mass is 35.5. The average Bonchev–Trinajstić information content (AvgIpc) is 2.67. The van der Waals surface area contributed by atoms with Gasteiger partial charge in [-0.1, -0.05) is 18.2 Å². The third-order valence-electron chi connectivity index (χ3n) is 3.81. The first-order valence-electron chi connectivity index (χ1n) is 8.53. The highest BCUT2D eigenvalue weighted by Crippen LogP contribution is 2.18. The van der Waals surface area contributed by atoms with Gasteiger partial charge < -0.3 is 24.9 Å². The number of nitrogens with one attached hydrogen (secondary N) is 2. The second kappa shape index (κ2) is 10.6. The Hall–Kier alpha value is -2.54. The predicted octanol–water partition coefficient (Wildman–Crippen LogP) is 2.36. The molecule has 6 nitrogen and oxygen atoms in total. The van der Waals surface area contributed by atoms with E-state index in [2.05, 4.69) is 10.3 Å². The van der Waals surface area contributed by atoms with Gasteiger partial charge in [-0.2, -0.15) is 0 Å². The zero-order chi connectivity index (χ0) is 18.2. The van der Waals surface area contributed by atoms with Crippen molar-refractivity contribution in [2.75, 3.05) is 26.3 Å². The minimum atomic E-state index is -0.627. The van der Waals surface area contributed by atoms with Gasteiger partial charge in [0, 0.05) is 30.1 Å². The monoisotopic (exact) mass is 390 g/mol. The number of H-pyrrole nitrogens is 1. The van der Waals surface area contributed by atoms with Crippen molar-refractivity contribution in [3.05, 3.63) is 71.0 Å². The summed E-state index contributed by atoms with van der Waals surface area (Å²) in [6.45, 7) is 1.76. The third kappa shape index (κ3) is 6.60. The Kier molecular flexibility index (Phi) is 8.13. The number of benzene rings is 2. The molecule has 0 aliphatic rings. The minimum Gasteiger partial charge on any atom is -0.492 e. The van der Waals surface area contributed by atoms with Crippen LogP contribution in [0.1, 0.15) is 0 Å². The fourth-order valence-corrected chi connectivity index (χ4v) is 2.50. The molecule has 0 aliphatic heterocycles. The van der Waals surface area contributed by atoms with Crippen molar-refractivity contribution in [3.8, 4) is 11.5 Å². The molecule has 1 aromatic heterocycles. The van der Waals surface area contributed by atoms with Crippen molar-refractivity contribution in [2.45, 2.75) is 6.10 Å². The van der Waals surface area contributed by atoms with Crippen LogP contribution in [0.2, 0.25) is 0 Å². The zero-order valence-corrected chi connectivity index (χ0v) is 15.6. The maximum atomic E-state index is 11.3. The van der Waals surface area contributed by atoms with E-state index in [1.54, 1.807) is 18.2 Å². The molecule has 3 aromatic rings. The van der Waals surface area contributed by atoms with Crippen LogP contribution in [-0.4, -0.2) is 42.5 Å². The third-order valence-corrected chi connectivity index (χ3v) is 3.81. The molecule has 144 valence electrons. The molecule has 0 amide bonds. The van der Waals surface area contributed by atoms with E-state index in [0.29, 0.717) is 25.4 Å². The van der Waals surface area contributed by atoms with Crippen molar-refractivity contribution in [1.29, 1.82) is 0 Å². The molecule has 27 heavy (non-hydrogen) atoms. The summed E-state index contributed by atoms with van der Waals surface area (Å²) < 4.78 is 11.2. The molecule has 0 saturated carbocycles. The summed E-state index contributed by atoms with van der Waals surface area (Å²) >= 11 is 0. The molecule has 0 fully saturated rings. The van der Waals surface area contributed by atoms with Gasteiger partial charge in [-0.25, -0.2) is 0 Å². The number of para-hydroxylation sites is 1. The van der Waals surface area contributed by atoms with Crippen LogP contribution in [0.5, 0.6) is 11.5 Å². The summed E-state index contributed by atoms with van der Waals surface area (Å²) in [5.41, 5.74) is 0.620. The number of rotatable bonds is 9. The number of fused-ring (bicyclic) bond motifs is 1. The highest BCUT2D eigenvalue weighted by Gasteiger charge is 2.06. The van der Waals surface area contributed by atoms with E-state index in [4.69, 9.17) is 9.47 Å². The van der Waals surface area contributed by atoms with Crippen molar-refractivity contribution in [1.82, 2.24) is 10.3 Å². The predicted molar refractivity (Wildman–Crippen MR) is 108 cm³/mol. The number of ether oxygens (including phenoxy) is 2. The van der Waals surface area contributed by atoms with Crippen molar-refractivity contribution >= 4 is 23.3 Å². The van der Waals surface area contributed by atoms with Gasteiger partial charge >= 0.3 is 0 Å². The summed E-state index contributed by atoms with van der Waals surface area (Å²) in [5, 5.41) is 14.0. The molecular weight excluding hydrogens is 368 g/mol. The first-order valence-corrected chi connectivity index (χ1v) is 8.53. The van der Waals surface area contributed by atoms with E-state index < -0.39 is 6.10 Å². The van der Waals surface area contributed by atoms with E-state index >= 15 is 0 Å². The number of aromatic nitrogens is 1. The van der Waals surface area contributed by atoms with Crippen LogP contribution in [0.3, 0.4) is 0 Å². The zero-order valence-electron chi connectivity index (χ0n) is 14.8. The van der Waals surface area contributed by atoms with Gasteiger partial charge in [0.05, 0.1) is 0 Å². The minimum absolute atomic E-state index is 0. The van der Waals surface area contributed by atoms with Crippen LogP contribution in [0, 0.1) is 0 Å². The fraction of sp³-hybridized carbons (Fsp3) is 0.250. The lowest BCUT2D eigenvalue weighted by atomic mass is 10.2. The number of pyridine rings is 1. The van der Waals surface area contributed by atoms with Crippen LogP contribution < -0.4 is 20.3 Å². The lowest BCUT2D eigenvalue weighted by Gasteiger charge is -2.14. The highest BCUT2D eigenvalue weighted by molar-refractivity contribution is 5.85. The van der Waals surface area contributed by atoms with Gasteiger partial charge in [0.2, 0.25) is 5.56 Å². The van der Waals surface area contributed by atoms with E-state index in [0.717, 1.165) is 16.7 Å². The summed E-state index contributed by atoms with van der Waals surface area (Å²) in [6.07, 6.45) is -0.627. The number of aromatic amines is 1. The summed E-state index contributed by atoms with van der Waals surface area (Å²) in [6, 6.07) is 18.2. The van der Waals surface area contributed by atoms with E-state index in [9.17, 15) is 9.90 Å². The molecule has 0 radical (unpaired) electrons. The van der Waals surface area contributed by atoms with E-state index in [1.807, 2.05) is 36.4 Å². The molecule has 7 heteroatoms. The van der Waals surface area contributed by atoms with Gasteiger partial charge in [0.1, 0.15) is 30.8 Å². The number of halogens is 1. The van der Waals surface area contributed by atoms with Crippen LogP contribution >= 0.6 is 12.4 Å². The Labute approximate surface area is 163 Å². The second-order valence-electron chi connectivity index (χ2n) is 5.90. The molecule has 2 aromatic carbocycles. The molecule has 0 bridgehead atoms. The first kappa shape index (κ1) is 20.8. The van der Waals surface area contributed by atoms with Gasteiger partial charge in [-0.3, -0.25) is 4.79 Å². The normalized spacial score (nSPS) is 11.6. The Balaban J connectivity index is 0.00000261. The van der Waals surface area contributed by atoms with Crippen molar-refractivity contribution < 1.29 is 14.6 Å². The van der Waals surface area contributed by atoms with E-state index in [1.165, 1.54) is 6.07 Å². The van der Waals surface area contributed by atoms with Crippen LogP contribution in [0.15, 0.2) is 65.5 Å². The quantitative estimate of drug-likeness (QED) is 0.488. The first-order chi connectivity index (χ1) is 12.7. The maximum absolute atomic E-state index is 11.3. The standard InChI is InChI=1S/C20H22N2O4.ClH/c23-16(13-21-10-11-25-17-4-2-1-3-5-17)14-26-18-7-8-19-15(12-18)6-9-20(24)22-19;/h1-9,12,16,21,23H,10-11,13-14H2,(H,22,24);1H. The van der Waals surface area contributed by atoms with E-state index in [-0.39, 0.29) is 24.6 Å². The Morgan fingerprint density at radius 1 is 1.00 bits per heavy atom. The molecule has 3 N–H and O–H groups in total. The van der Waals surface area contributed by atoms with Gasteiger partial charge in [0.25, 0.3) is 0 Å². The molecule has 0 spiro atoms. The van der Waals surface area contributed by atoms with Crippen molar-refractivity contribution in [3.63, 3.8) is 0 Å². The SMILES string of the molecule is Cl.O=c1ccc2cc(OCC(O)CNCCOc3ccccc3)ccc2[nH]1. The number of hydrogen-bond donors (Lipinski definition) is 3. The molecule has 0 aliphatic carbocycles. The summed E-state index contributed by atoms with van der Waals surface area (Å²) in [7, 11) is 0. The molecule has 3 rings (SSSR count). The van der Waals surface area contributed by atoms with Gasteiger partial charge in [0.15, 0.2) is 0 Å². The van der Waals surface area contributed by atoms with Gasteiger partial charge in [-0.05, 0) is 36.4 Å². The lowest BCUT2D eigenvalue weighted by Crippen LogP contribution is -2.33. The van der Waals surface area contributed by atoms with Crippen LogP contribution in [0.4, 0.5) is 0 Å². The number of aliphatic hydroxyl groups excluding tert-OH is 1. The van der Waals surface area contributed by atoms with Crippen LogP contribution in [0.25, 0.3) is 10.9 Å². The summed E-state index contributed by atoms with van der Waals surface area (Å²) in [5.74, 6) is 1.48. The topological polar surface area (TPSA) is 83.6 Å². The Morgan fingerprint density at radius 3 is 2.63 bits per heavy atom. The lowest BCUT2D eigenvalue weighted by molar-refractivity contribution is 0.105. The number of aliphatic hydroxyl groups is 1. The Bertz CT molecular complexity index is 886. The molecule has 1 unspecified atom stereocenters. The van der Waals surface area contributed by atoms with Gasteiger partial charge in [-0.15, -0.1) is 12.4 Å². The van der Waals surface area contributed by atoms with Crippen molar-refractivity contribution in [2.24, 2.45) is 0 Å². The smallest absolute Gasteiger partial charge is 0.248 e. The Morgan fingerprint density at radius 2 is 1.81 bits per heavy atom. The average molecular weight is 391 g/mol. The largest absolute Gasteiger partial charge is 0.492 e. The molecule has 0 saturated heterocycles. The molecular formula is C20H23ClN2O4. The molecule has 1 heterocycles. The maximum Gasteiger partial charge on any atom is 0.248 e. The fourth-order valence-electron chi connectivity index (χ4n) is 2.50. The second-order valence-corrected chi connectivity index (χ2v) is 5.90.